The van der Waals surface area contributed by atoms with Crippen LogP contribution in [0.15, 0.2) is 36.4 Å². The predicted molar refractivity (Wildman–Crippen MR) is 179 cm³/mol. The fraction of sp³-hybridized carbons (Fsp3) is 0.531. The summed E-state index contributed by atoms with van der Waals surface area (Å²) in [6.07, 6.45) is 2.88. The molecule has 252 valence electrons. The summed E-state index contributed by atoms with van der Waals surface area (Å²) >= 11 is 17.0. The van der Waals surface area contributed by atoms with Gasteiger partial charge in [-0.05, 0) is 51.3 Å². The van der Waals surface area contributed by atoms with Gasteiger partial charge in [0.05, 0.1) is 22.7 Å². The van der Waals surface area contributed by atoms with E-state index < -0.39 is 57.8 Å². The number of alkyl halides is 3. The van der Waals surface area contributed by atoms with Gasteiger partial charge in [0.1, 0.15) is 24.7 Å². The normalized spacial score (nSPS) is 17.9. The van der Waals surface area contributed by atoms with E-state index in [1.807, 2.05) is 30.3 Å². The summed E-state index contributed by atoms with van der Waals surface area (Å²) in [6, 6.07) is 6.73. The van der Waals surface area contributed by atoms with Gasteiger partial charge in [-0.25, -0.2) is 0 Å². The fourth-order valence-corrected chi connectivity index (χ4v) is 4.89. The molecule has 3 amide bonds. The van der Waals surface area contributed by atoms with Crippen molar-refractivity contribution in [3.05, 3.63) is 47.7 Å². The molecule has 3 rings (SSSR count). The number of ether oxygens (including phenoxy) is 1. The molecule has 0 unspecified atom stereocenters. The number of nitrogens with zero attached hydrogens (tertiary/aromatic N) is 2. The average molecular weight is 699 g/mol. The highest BCUT2D eigenvalue weighted by atomic mass is 35.6. The molecule has 1 fully saturated rings. The third-order valence-corrected chi connectivity index (χ3v) is 7.89. The molecule has 1 aromatic carbocycles. The van der Waals surface area contributed by atoms with E-state index in [1.165, 1.54) is 4.90 Å². The van der Waals surface area contributed by atoms with Gasteiger partial charge < -0.3 is 30.7 Å². The molecule has 1 aliphatic rings. The zero-order chi connectivity index (χ0) is 34.4. The number of rotatable bonds is 11. The number of hydrogen-bond donors (Lipinski definition) is 4. The number of piperazine rings is 1. The molecule has 14 heteroatoms. The van der Waals surface area contributed by atoms with Crippen molar-refractivity contribution in [3.8, 4) is 0 Å². The molecule has 46 heavy (non-hydrogen) atoms. The van der Waals surface area contributed by atoms with Crippen molar-refractivity contribution in [2.45, 2.75) is 69.6 Å². The minimum atomic E-state index is -1.76. The number of aromatic nitrogens is 1. The molecule has 4 N–H and O–H groups in total. The third kappa shape index (κ3) is 10.5. The Hall–Kier alpha value is -2.96. The number of nitrogens with one attached hydrogen (secondary N) is 3. The lowest BCUT2D eigenvalue weighted by molar-refractivity contribution is -0.149. The Morgan fingerprint density at radius 1 is 1.11 bits per heavy atom. The van der Waals surface area contributed by atoms with E-state index in [4.69, 9.17) is 39.5 Å². The number of aliphatic hydroxyl groups excluding tert-OH is 1. The van der Waals surface area contributed by atoms with Crippen molar-refractivity contribution >= 4 is 75.5 Å². The lowest BCUT2D eigenvalue weighted by Gasteiger charge is -2.34. The third-order valence-electron chi connectivity index (χ3n) is 7.56. The molecule has 2 aromatic rings. The second-order valence-electron chi connectivity index (χ2n) is 12.4. The van der Waals surface area contributed by atoms with Gasteiger partial charge in [-0.15, -0.1) is 0 Å². The smallest absolute Gasteiger partial charge is 0.325 e. The quantitative estimate of drug-likeness (QED) is 0.205. The molecule has 1 aromatic heterocycles. The summed E-state index contributed by atoms with van der Waals surface area (Å²) in [6.45, 7) is 10.5. The molecule has 4 atom stereocenters. The van der Waals surface area contributed by atoms with Crippen molar-refractivity contribution in [2.24, 2.45) is 11.3 Å². The Labute approximate surface area is 284 Å². The SMILES string of the molecule is CC(C)[C@H](NC(=O)C(C)(C)/C=C/c1ccc2ccc([C@@H](C)O)nc2c1)C(=O)N[C@@H](C)C(=O)N1CCN[C@H](C(=O)OCC(Cl)(Cl)Cl)C1. The van der Waals surface area contributed by atoms with Crippen LogP contribution in [-0.2, 0) is 23.9 Å². The van der Waals surface area contributed by atoms with Gasteiger partial charge in [0, 0.05) is 25.0 Å². The maximum Gasteiger partial charge on any atom is 0.325 e. The average Bonchev–Trinajstić information content (AvgIpc) is 2.99. The van der Waals surface area contributed by atoms with Crippen molar-refractivity contribution in [1.82, 2.24) is 25.8 Å². The van der Waals surface area contributed by atoms with Crippen LogP contribution in [0.25, 0.3) is 17.0 Å². The number of carbonyl (C=O) groups excluding carboxylic acids is 4. The zero-order valence-corrected chi connectivity index (χ0v) is 29.0. The van der Waals surface area contributed by atoms with Crippen molar-refractivity contribution in [2.75, 3.05) is 26.2 Å². The standard InChI is InChI=1S/C32H42Cl3N5O6/c1-18(2)26(27(42)37-19(3)28(43)40-14-13-36-25(16-40)29(44)46-17-32(33,34)35)39-30(45)31(5,6)12-11-21-7-8-22-9-10-23(20(4)41)38-24(22)15-21/h7-12,15,18-20,25-26,36,41H,13-14,16-17H2,1-6H3,(H,37,42)(H,39,45)/b12-11+/t19-,20+,25-,26-/m0/s1. The molecule has 0 bridgehead atoms. The number of halogens is 3. The van der Waals surface area contributed by atoms with Crippen LogP contribution in [0.5, 0.6) is 0 Å². The molecule has 0 aliphatic carbocycles. The molecule has 11 nitrogen and oxygen atoms in total. The number of pyridine rings is 1. The molecular weight excluding hydrogens is 657 g/mol. The Morgan fingerprint density at radius 2 is 1.78 bits per heavy atom. The van der Waals surface area contributed by atoms with E-state index in [1.54, 1.807) is 53.7 Å². The van der Waals surface area contributed by atoms with E-state index in [0.29, 0.717) is 18.8 Å². The Bertz CT molecular complexity index is 1460. The first kappa shape index (κ1) is 37.5. The fourth-order valence-electron chi connectivity index (χ4n) is 4.73. The first-order valence-electron chi connectivity index (χ1n) is 15.0. The van der Waals surface area contributed by atoms with Crippen LogP contribution in [0.2, 0.25) is 0 Å². The summed E-state index contributed by atoms with van der Waals surface area (Å²) in [5, 5.41) is 19.3. The summed E-state index contributed by atoms with van der Waals surface area (Å²) in [4.78, 5) is 58.3. The van der Waals surface area contributed by atoms with Gasteiger partial charge in [-0.1, -0.05) is 79.0 Å². The molecule has 0 spiro atoms. The van der Waals surface area contributed by atoms with Crippen molar-refractivity contribution < 1.29 is 29.0 Å². The van der Waals surface area contributed by atoms with Crippen LogP contribution in [0.3, 0.4) is 0 Å². The minimum Gasteiger partial charge on any atom is -0.460 e. The topological polar surface area (TPSA) is 150 Å². The second-order valence-corrected chi connectivity index (χ2v) is 14.9. The maximum atomic E-state index is 13.4. The zero-order valence-electron chi connectivity index (χ0n) is 26.8. The van der Waals surface area contributed by atoms with Crippen molar-refractivity contribution in [1.29, 1.82) is 0 Å². The number of esters is 1. The van der Waals surface area contributed by atoms with Crippen LogP contribution >= 0.6 is 34.8 Å². The van der Waals surface area contributed by atoms with Gasteiger partial charge in [-0.2, -0.15) is 0 Å². The van der Waals surface area contributed by atoms with E-state index in [-0.39, 0.29) is 18.4 Å². The first-order valence-corrected chi connectivity index (χ1v) is 16.2. The van der Waals surface area contributed by atoms with E-state index in [9.17, 15) is 24.3 Å². The summed E-state index contributed by atoms with van der Waals surface area (Å²) in [5.41, 5.74) is 1.12. The van der Waals surface area contributed by atoms with Gasteiger partial charge in [0.25, 0.3) is 0 Å². The van der Waals surface area contributed by atoms with E-state index in [0.717, 1.165) is 16.5 Å². The lowest BCUT2D eigenvalue weighted by Crippen LogP contribution is -2.60. The largest absolute Gasteiger partial charge is 0.460 e. The molecule has 0 saturated carbocycles. The number of benzene rings is 1. The van der Waals surface area contributed by atoms with Crippen molar-refractivity contribution in [3.63, 3.8) is 0 Å². The van der Waals surface area contributed by atoms with Crippen LogP contribution in [0.4, 0.5) is 0 Å². The number of fused-ring (bicyclic) bond motifs is 1. The van der Waals surface area contributed by atoms with Gasteiger partial charge >= 0.3 is 5.97 Å². The lowest BCUT2D eigenvalue weighted by atomic mass is 9.89. The van der Waals surface area contributed by atoms with Crippen LogP contribution in [-0.4, -0.2) is 86.8 Å². The van der Waals surface area contributed by atoms with Crippen LogP contribution < -0.4 is 16.0 Å². The maximum absolute atomic E-state index is 13.4. The number of carbonyl (C=O) groups is 4. The first-order chi connectivity index (χ1) is 21.4. The Morgan fingerprint density at radius 3 is 2.41 bits per heavy atom. The highest BCUT2D eigenvalue weighted by Gasteiger charge is 2.35. The van der Waals surface area contributed by atoms with E-state index in [2.05, 4.69) is 20.9 Å². The van der Waals surface area contributed by atoms with Gasteiger partial charge in [0.2, 0.25) is 21.5 Å². The highest BCUT2D eigenvalue weighted by molar-refractivity contribution is 6.67. The van der Waals surface area contributed by atoms with Gasteiger partial charge in [-0.3, -0.25) is 24.2 Å². The molecule has 1 saturated heterocycles. The molecular formula is C32H42Cl3N5O6. The summed E-state index contributed by atoms with van der Waals surface area (Å²) < 4.78 is 3.27. The summed E-state index contributed by atoms with van der Waals surface area (Å²) in [7, 11) is 0. The van der Waals surface area contributed by atoms with Crippen LogP contribution in [0, 0.1) is 11.3 Å². The molecule has 0 radical (unpaired) electrons. The Kier molecular flexibility index (Phi) is 12.8. The monoisotopic (exact) mass is 697 g/mol. The molecule has 1 aliphatic heterocycles. The minimum absolute atomic E-state index is 0.0115. The number of hydrogen-bond acceptors (Lipinski definition) is 8. The number of amides is 3. The second kappa shape index (κ2) is 15.8. The molecule has 2 heterocycles. The van der Waals surface area contributed by atoms with Gasteiger partial charge in [0.15, 0.2) is 0 Å². The highest BCUT2D eigenvalue weighted by Crippen LogP contribution is 2.26. The van der Waals surface area contributed by atoms with E-state index >= 15 is 0 Å². The van der Waals surface area contributed by atoms with Crippen LogP contribution in [0.1, 0.15) is 58.9 Å². The predicted octanol–water partition coefficient (Wildman–Crippen LogP) is 3.69. The number of aliphatic hydroxyl groups is 1. The summed E-state index contributed by atoms with van der Waals surface area (Å²) in [5.74, 6) is -2.21. The Balaban J connectivity index is 1.62.